The molecule has 0 fully saturated rings. The minimum Gasteiger partial charge on any atom is -0.406 e. The Hall–Kier alpha value is -2.36. The topological polar surface area (TPSA) is 58.4 Å². The number of aromatic amines is 1. The Bertz CT molecular complexity index is 775. The molecule has 0 aliphatic carbocycles. The van der Waals surface area contributed by atoms with Crippen LogP contribution in [0.2, 0.25) is 0 Å². The molecule has 0 bridgehead atoms. The molecule has 2 aromatic rings. The maximum absolute atomic E-state index is 11.1. The van der Waals surface area contributed by atoms with E-state index in [1.54, 1.807) is 6.20 Å². The van der Waals surface area contributed by atoms with Crippen LogP contribution in [0.3, 0.4) is 0 Å². The quantitative estimate of drug-likeness (QED) is 0.695. The van der Waals surface area contributed by atoms with Gasteiger partial charge in [-0.1, -0.05) is 24.3 Å². The highest BCUT2D eigenvalue weighted by Crippen LogP contribution is 2.00. The highest BCUT2D eigenvalue weighted by molar-refractivity contribution is 5.72. The van der Waals surface area contributed by atoms with Gasteiger partial charge in [0.2, 0.25) is 0 Å². The number of hydrogen-bond acceptors (Lipinski definition) is 3. The number of aromatic nitrogens is 1. The van der Waals surface area contributed by atoms with Gasteiger partial charge in [-0.25, -0.2) is 4.79 Å². The molecule has 16 heavy (non-hydrogen) atoms. The molecule has 78 valence electrons. The van der Waals surface area contributed by atoms with Crippen LogP contribution < -0.4 is 16.3 Å². The van der Waals surface area contributed by atoms with Crippen molar-refractivity contribution in [3.05, 3.63) is 57.7 Å². The fourth-order valence-electron chi connectivity index (χ4n) is 1.67. The monoisotopic (exact) mass is 212 g/mol. The maximum atomic E-state index is 11.1. The van der Waals surface area contributed by atoms with Crippen molar-refractivity contribution in [2.24, 2.45) is 4.99 Å². The number of nitrogens with zero attached hydrogens (tertiary/aromatic N) is 1. The molecular weight excluding hydrogens is 204 g/mol. The molecular formula is C12H8N2O2. The fraction of sp³-hybridized carbons (Fsp3) is 0. The largest absolute Gasteiger partial charge is 0.417 e. The zero-order chi connectivity index (χ0) is 11.0. The summed E-state index contributed by atoms with van der Waals surface area (Å²) >= 11 is 0. The van der Waals surface area contributed by atoms with Crippen molar-refractivity contribution in [1.29, 1.82) is 0 Å². The number of nitrogens with one attached hydrogen (secondary N) is 1. The number of oxazole rings is 1. The average Bonchev–Trinajstić information content (AvgIpc) is 2.58. The van der Waals surface area contributed by atoms with Crippen LogP contribution in [0.5, 0.6) is 0 Å². The minimum absolute atomic E-state index is 0.458. The Morgan fingerprint density at radius 2 is 2.12 bits per heavy atom. The summed E-state index contributed by atoms with van der Waals surface area (Å²) in [6, 6.07) is 3.71. The second kappa shape index (κ2) is 3.34. The fourth-order valence-corrected chi connectivity index (χ4v) is 1.67. The van der Waals surface area contributed by atoms with Crippen LogP contribution in [0.15, 0.2) is 50.8 Å². The van der Waals surface area contributed by atoms with Crippen LogP contribution in [0, 0.1) is 0 Å². The zero-order valence-corrected chi connectivity index (χ0v) is 8.31. The lowest BCUT2D eigenvalue weighted by Gasteiger charge is -1.91. The first kappa shape index (κ1) is 8.91. The van der Waals surface area contributed by atoms with Crippen molar-refractivity contribution in [3.63, 3.8) is 0 Å². The average molecular weight is 212 g/mol. The van der Waals surface area contributed by atoms with Gasteiger partial charge < -0.3 is 4.42 Å². The summed E-state index contributed by atoms with van der Waals surface area (Å²) in [4.78, 5) is 18.0. The van der Waals surface area contributed by atoms with Gasteiger partial charge in [0.25, 0.3) is 0 Å². The number of hydrogen-bond donors (Lipinski definition) is 1. The number of allylic oxidation sites excluding steroid dienone is 3. The third kappa shape index (κ3) is 1.32. The van der Waals surface area contributed by atoms with E-state index in [1.807, 2.05) is 36.4 Å². The third-order valence-electron chi connectivity index (χ3n) is 2.38. The number of benzene rings is 1. The van der Waals surface area contributed by atoms with Gasteiger partial charge in [0.05, 0.1) is 5.52 Å². The molecule has 1 aromatic carbocycles. The predicted molar refractivity (Wildman–Crippen MR) is 60.4 cm³/mol. The summed E-state index contributed by atoms with van der Waals surface area (Å²) in [5.74, 6) is -0.458. The second-order valence-electron chi connectivity index (χ2n) is 3.42. The lowest BCUT2D eigenvalue weighted by molar-refractivity contribution is 0.552. The third-order valence-corrected chi connectivity index (χ3v) is 2.38. The van der Waals surface area contributed by atoms with E-state index < -0.39 is 5.76 Å². The summed E-state index contributed by atoms with van der Waals surface area (Å²) in [5.41, 5.74) is 1.16. The van der Waals surface area contributed by atoms with Crippen molar-refractivity contribution in [1.82, 2.24) is 4.98 Å². The van der Waals surface area contributed by atoms with Gasteiger partial charge in [-0.15, -0.1) is 0 Å². The molecule has 1 aliphatic heterocycles. The van der Waals surface area contributed by atoms with E-state index in [1.165, 1.54) is 0 Å². The molecule has 0 saturated heterocycles. The summed E-state index contributed by atoms with van der Waals surface area (Å²) in [5, 5.41) is 1.60. The van der Waals surface area contributed by atoms with Crippen LogP contribution in [-0.4, -0.2) is 4.98 Å². The van der Waals surface area contributed by atoms with E-state index in [-0.39, 0.29) is 0 Å². The van der Waals surface area contributed by atoms with Crippen LogP contribution in [0.25, 0.3) is 17.2 Å². The second-order valence-corrected chi connectivity index (χ2v) is 3.42. The van der Waals surface area contributed by atoms with Gasteiger partial charge in [-0.05, 0) is 12.1 Å². The Morgan fingerprint density at radius 3 is 3.06 bits per heavy atom. The molecule has 3 rings (SSSR count). The highest BCUT2D eigenvalue weighted by Gasteiger charge is 2.03. The SMILES string of the molecule is O=c1[nH]c2ccc3/c(c2o1)=N\C=C/C=C\C=3. The molecule has 1 aliphatic rings. The van der Waals surface area contributed by atoms with E-state index in [2.05, 4.69) is 9.98 Å². The molecule has 4 heteroatoms. The first-order chi connectivity index (χ1) is 7.84. The molecule has 4 nitrogen and oxygen atoms in total. The first-order valence-electron chi connectivity index (χ1n) is 4.88. The summed E-state index contributed by atoms with van der Waals surface area (Å²) in [6.07, 6.45) is 9.23. The molecule has 1 N–H and O–H groups in total. The van der Waals surface area contributed by atoms with Crippen molar-refractivity contribution in [2.75, 3.05) is 0 Å². The molecule has 0 amide bonds. The maximum Gasteiger partial charge on any atom is 0.417 e. The number of rotatable bonds is 0. The van der Waals surface area contributed by atoms with Gasteiger partial charge in [0.1, 0.15) is 5.36 Å². The molecule has 0 unspecified atom stereocenters. The Kier molecular flexibility index (Phi) is 1.86. The summed E-state index contributed by atoms with van der Waals surface area (Å²) in [7, 11) is 0. The van der Waals surface area contributed by atoms with Crippen molar-refractivity contribution in [3.8, 4) is 0 Å². The van der Waals surface area contributed by atoms with Gasteiger partial charge in [-0.2, -0.15) is 0 Å². The molecule has 2 heterocycles. The van der Waals surface area contributed by atoms with Crippen LogP contribution >= 0.6 is 0 Å². The van der Waals surface area contributed by atoms with Crippen LogP contribution in [0.4, 0.5) is 0 Å². The Morgan fingerprint density at radius 1 is 1.19 bits per heavy atom. The van der Waals surface area contributed by atoms with Gasteiger partial charge in [0.15, 0.2) is 5.58 Å². The van der Waals surface area contributed by atoms with Crippen molar-refractivity contribution >= 4 is 17.2 Å². The molecule has 0 spiro atoms. The summed E-state index contributed by atoms with van der Waals surface area (Å²) in [6.45, 7) is 0. The van der Waals surface area contributed by atoms with E-state index in [0.29, 0.717) is 16.5 Å². The van der Waals surface area contributed by atoms with Gasteiger partial charge >= 0.3 is 5.76 Å². The van der Waals surface area contributed by atoms with Crippen LogP contribution in [0.1, 0.15) is 0 Å². The number of H-pyrrole nitrogens is 1. The summed E-state index contributed by atoms with van der Waals surface area (Å²) < 4.78 is 5.08. The Balaban J connectivity index is 2.59. The van der Waals surface area contributed by atoms with E-state index in [4.69, 9.17) is 4.42 Å². The van der Waals surface area contributed by atoms with E-state index in [9.17, 15) is 4.79 Å². The normalized spacial score (nSPS) is 22.0. The molecule has 1 aromatic heterocycles. The highest BCUT2D eigenvalue weighted by atomic mass is 16.4. The van der Waals surface area contributed by atoms with Gasteiger partial charge in [0, 0.05) is 11.4 Å². The van der Waals surface area contributed by atoms with E-state index in [0.717, 1.165) is 5.22 Å². The Labute approximate surface area is 89.9 Å². The van der Waals surface area contributed by atoms with Gasteiger partial charge in [-0.3, -0.25) is 9.98 Å². The van der Waals surface area contributed by atoms with Crippen LogP contribution in [-0.2, 0) is 0 Å². The molecule has 0 radical (unpaired) electrons. The van der Waals surface area contributed by atoms with Crippen molar-refractivity contribution in [2.45, 2.75) is 0 Å². The zero-order valence-electron chi connectivity index (χ0n) is 8.31. The number of fused-ring (bicyclic) bond motifs is 3. The van der Waals surface area contributed by atoms with Crippen molar-refractivity contribution < 1.29 is 4.42 Å². The first-order valence-corrected chi connectivity index (χ1v) is 4.88. The molecule has 0 saturated carbocycles. The van der Waals surface area contributed by atoms with E-state index >= 15 is 0 Å². The lowest BCUT2D eigenvalue weighted by atomic mass is 10.2. The lowest BCUT2D eigenvalue weighted by Crippen LogP contribution is -2.24. The predicted octanol–water partition coefficient (Wildman–Crippen LogP) is 0.605. The minimum atomic E-state index is -0.458. The smallest absolute Gasteiger partial charge is 0.406 e. The molecule has 0 atom stereocenters. The standard InChI is InChI=1S/C12H8N2O2/c15-12-14-9-6-5-8-4-2-1-3-7-13-10(8)11(9)16-12/h1-7H,(H,14,15)/b2-1-,3-1?,4-2?,7-3-,8-4-,13-7?,13-10+.